The van der Waals surface area contributed by atoms with Crippen molar-refractivity contribution in [1.82, 2.24) is 4.98 Å². The summed E-state index contributed by atoms with van der Waals surface area (Å²) in [5.74, 6) is 2.25. The summed E-state index contributed by atoms with van der Waals surface area (Å²) in [7, 11) is 0. The largest absolute Gasteiger partial charge is 0.494 e. The molecule has 1 N–H and O–H groups in total. The number of hydrogen-bond acceptors (Lipinski definition) is 7. The van der Waals surface area contributed by atoms with Crippen LogP contribution in [0.5, 0.6) is 17.2 Å². The number of rotatable bonds is 6. The Labute approximate surface area is 166 Å². The molecule has 0 amide bonds. The van der Waals surface area contributed by atoms with Gasteiger partial charge >= 0.3 is 0 Å². The Kier molecular flexibility index (Phi) is 5.13. The Morgan fingerprint density at radius 3 is 2.86 bits per heavy atom. The van der Waals surface area contributed by atoms with E-state index < -0.39 is 0 Å². The van der Waals surface area contributed by atoms with Crippen LogP contribution in [0.2, 0.25) is 0 Å². The molecular weight excluding hydrogens is 374 g/mol. The summed E-state index contributed by atoms with van der Waals surface area (Å²) in [6, 6.07) is 15.5. The van der Waals surface area contributed by atoms with E-state index >= 15 is 0 Å². The second-order valence-electron chi connectivity index (χ2n) is 5.88. The van der Waals surface area contributed by atoms with Gasteiger partial charge in [0.1, 0.15) is 22.4 Å². The van der Waals surface area contributed by atoms with Gasteiger partial charge in [-0.2, -0.15) is 5.26 Å². The molecule has 140 valence electrons. The Balaban J connectivity index is 1.51. The maximum absolute atomic E-state index is 9.53. The molecule has 3 aromatic rings. The van der Waals surface area contributed by atoms with E-state index in [2.05, 4.69) is 16.4 Å². The normalized spacial score (nSPS) is 12.5. The van der Waals surface area contributed by atoms with Gasteiger partial charge in [-0.1, -0.05) is 0 Å². The maximum Gasteiger partial charge on any atom is 0.231 e. The van der Waals surface area contributed by atoms with E-state index in [1.165, 1.54) is 11.3 Å². The lowest BCUT2D eigenvalue weighted by Crippen LogP contribution is -1.93. The minimum atomic E-state index is 0.236. The highest BCUT2D eigenvalue weighted by Crippen LogP contribution is 2.36. The Bertz CT molecular complexity index is 1050. The lowest BCUT2D eigenvalue weighted by atomic mass is 10.1. The topological polar surface area (TPSA) is 76.4 Å². The highest BCUT2D eigenvalue weighted by Gasteiger charge is 2.15. The number of aromatic nitrogens is 1. The molecule has 4 rings (SSSR count). The summed E-state index contributed by atoms with van der Waals surface area (Å²) in [4.78, 5) is 4.60. The number of hydrogen-bond donors (Lipinski definition) is 1. The van der Waals surface area contributed by atoms with Crippen molar-refractivity contribution in [3.05, 3.63) is 59.1 Å². The van der Waals surface area contributed by atoms with E-state index in [0.717, 1.165) is 28.4 Å². The predicted octanol–water partition coefficient (Wildman–Crippen LogP) is 4.91. The highest BCUT2D eigenvalue weighted by molar-refractivity contribution is 7.11. The van der Waals surface area contributed by atoms with Crippen LogP contribution in [0, 0.1) is 11.3 Å². The number of anilines is 1. The van der Waals surface area contributed by atoms with Gasteiger partial charge in [-0.05, 0) is 49.4 Å². The molecule has 1 aliphatic heterocycles. The average molecular weight is 391 g/mol. The van der Waals surface area contributed by atoms with Crippen LogP contribution >= 0.6 is 11.3 Å². The Morgan fingerprint density at radius 1 is 1.25 bits per heavy atom. The second-order valence-corrected chi connectivity index (χ2v) is 6.74. The molecule has 0 aliphatic carbocycles. The first-order chi connectivity index (χ1) is 13.8. The minimum Gasteiger partial charge on any atom is -0.494 e. The number of nitrogens with one attached hydrogen (secondary N) is 1. The van der Waals surface area contributed by atoms with Gasteiger partial charge in [0.25, 0.3) is 0 Å². The number of nitriles is 1. The molecule has 7 heteroatoms. The molecule has 0 fully saturated rings. The van der Waals surface area contributed by atoms with Crippen LogP contribution < -0.4 is 19.5 Å². The molecule has 28 heavy (non-hydrogen) atoms. The molecule has 2 aromatic carbocycles. The first kappa shape index (κ1) is 17.9. The molecule has 0 bridgehead atoms. The Hall–Kier alpha value is -3.50. The average Bonchev–Trinajstić information content (AvgIpc) is 3.39. The van der Waals surface area contributed by atoms with Gasteiger partial charge in [-0.25, -0.2) is 4.98 Å². The fourth-order valence-corrected chi connectivity index (χ4v) is 3.49. The molecule has 0 saturated carbocycles. The molecule has 1 aromatic heterocycles. The number of thiazole rings is 1. The molecular formula is C21H17N3O3S. The fraction of sp³-hybridized carbons (Fsp3) is 0.143. The van der Waals surface area contributed by atoms with Gasteiger partial charge in [0.15, 0.2) is 11.5 Å². The monoisotopic (exact) mass is 391 g/mol. The second kappa shape index (κ2) is 8.03. The van der Waals surface area contributed by atoms with E-state index in [-0.39, 0.29) is 6.79 Å². The predicted molar refractivity (Wildman–Crippen MR) is 108 cm³/mol. The first-order valence-corrected chi connectivity index (χ1v) is 9.60. The third-order valence-electron chi connectivity index (χ3n) is 4.07. The number of benzene rings is 2. The van der Waals surface area contributed by atoms with Crippen LogP contribution in [0.3, 0.4) is 0 Å². The number of ether oxygens (including phenoxy) is 3. The molecule has 0 atom stereocenters. The van der Waals surface area contributed by atoms with Crippen molar-refractivity contribution >= 4 is 22.6 Å². The smallest absolute Gasteiger partial charge is 0.231 e. The molecule has 6 nitrogen and oxygen atoms in total. The van der Waals surface area contributed by atoms with E-state index in [1.54, 1.807) is 6.20 Å². The quantitative estimate of drug-likeness (QED) is 0.602. The summed E-state index contributed by atoms with van der Waals surface area (Å²) >= 11 is 1.42. The zero-order valence-electron chi connectivity index (χ0n) is 15.1. The lowest BCUT2D eigenvalue weighted by molar-refractivity contribution is 0.174. The third-order valence-corrected chi connectivity index (χ3v) is 4.95. The lowest BCUT2D eigenvalue weighted by Gasteiger charge is -2.05. The Morgan fingerprint density at radius 2 is 2.07 bits per heavy atom. The zero-order valence-corrected chi connectivity index (χ0v) is 16.0. The van der Waals surface area contributed by atoms with Gasteiger partial charge < -0.3 is 19.5 Å². The van der Waals surface area contributed by atoms with Crippen LogP contribution in [0.4, 0.5) is 5.69 Å². The summed E-state index contributed by atoms with van der Waals surface area (Å²) in [6.07, 6.45) is 1.66. The standard InChI is InChI=1S/C21H17N3O3S/c1-2-25-17-6-4-16(5-7-17)23-11-15(10-22)21-24-18(12-28-21)14-3-8-19-20(9-14)27-13-26-19/h3-9,11-12,23H,2,13H2,1H3. The van der Waals surface area contributed by atoms with Crippen molar-refractivity contribution in [3.8, 4) is 34.6 Å². The molecule has 2 heterocycles. The molecule has 0 saturated heterocycles. The van der Waals surface area contributed by atoms with E-state index in [9.17, 15) is 5.26 Å². The minimum absolute atomic E-state index is 0.236. The number of allylic oxidation sites excluding steroid dienone is 1. The van der Waals surface area contributed by atoms with Gasteiger partial charge in [-0.15, -0.1) is 11.3 Å². The van der Waals surface area contributed by atoms with Crippen molar-refractivity contribution in [1.29, 1.82) is 5.26 Å². The van der Waals surface area contributed by atoms with Crippen molar-refractivity contribution in [3.63, 3.8) is 0 Å². The van der Waals surface area contributed by atoms with Crippen LogP contribution in [0.1, 0.15) is 11.9 Å². The fourth-order valence-electron chi connectivity index (χ4n) is 2.70. The van der Waals surface area contributed by atoms with E-state index in [0.29, 0.717) is 22.9 Å². The van der Waals surface area contributed by atoms with Crippen molar-refractivity contribution in [2.24, 2.45) is 0 Å². The first-order valence-electron chi connectivity index (χ1n) is 8.72. The van der Waals surface area contributed by atoms with Gasteiger partial charge in [0.2, 0.25) is 6.79 Å². The molecule has 0 unspecified atom stereocenters. The van der Waals surface area contributed by atoms with Crippen molar-refractivity contribution in [2.45, 2.75) is 6.92 Å². The summed E-state index contributed by atoms with van der Waals surface area (Å²) in [5, 5.41) is 15.2. The van der Waals surface area contributed by atoms with Crippen LogP contribution in [-0.2, 0) is 0 Å². The zero-order chi connectivity index (χ0) is 19.3. The highest BCUT2D eigenvalue weighted by atomic mass is 32.1. The summed E-state index contributed by atoms with van der Waals surface area (Å²) in [6.45, 7) is 2.81. The molecule has 1 aliphatic rings. The van der Waals surface area contributed by atoms with E-state index in [4.69, 9.17) is 14.2 Å². The SMILES string of the molecule is CCOc1ccc(NC=C(C#N)c2nc(-c3ccc4c(c3)OCO4)cs2)cc1. The van der Waals surface area contributed by atoms with Crippen LogP contribution in [0.15, 0.2) is 54.0 Å². The molecule has 0 radical (unpaired) electrons. The van der Waals surface area contributed by atoms with Crippen LogP contribution in [-0.4, -0.2) is 18.4 Å². The summed E-state index contributed by atoms with van der Waals surface area (Å²) < 4.78 is 16.2. The number of fused-ring (bicyclic) bond motifs is 1. The van der Waals surface area contributed by atoms with E-state index in [1.807, 2.05) is 54.8 Å². The third kappa shape index (κ3) is 3.77. The van der Waals surface area contributed by atoms with Crippen molar-refractivity contribution < 1.29 is 14.2 Å². The number of nitrogens with zero attached hydrogens (tertiary/aromatic N) is 2. The maximum atomic E-state index is 9.53. The van der Waals surface area contributed by atoms with Gasteiger partial charge in [-0.3, -0.25) is 0 Å². The van der Waals surface area contributed by atoms with Crippen molar-refractivity contribution in [2.75, 3.05) is 18.7 Å². The van der Waals surface area contributed by atoms with Gasteiger partial charge in [0, 0.05) is 22.8 Å². The van der Waals surface area contributed by atoms with Gasteiger partial charge in [0.05, 0.1) is 12.3 Å². The summed E-state index contributed by atoms with van der Waals surface area (Å²) in [5.41, 5.74) is 3.04. The van der Waals surface area contributed by atoms with Crippen LogP contribution in [0.25, 0.3) is 16.8 Å². The molecule has 0 spiro atoms.